The number of rotatable bonds is 3. The molecule has 1 saturated heterocycles. The lowest BCUT2D eigenvalue weighted by Crippen LogP contribution is -2.42. The molecule has 1 aliphatic carbocycles. The highest BCUT2D eigenvalue weighted by atomic mass is 16.5. The molecule has 1 aromatic heterocycles. The average Bonchev–Trinajstić information content (AvgIpc) is 2.95. The molecule has 0 spiro atoms. The van der Waals surface area contributed by atoms with E-state index in [0.29, 0.717) is 17.9 Å². The van der Waals surface area contributed by atoms with Crippen LogP contribution in [-0.2, 0) is 0 Å². The minimum Gasteiger partial charge on any atom is -0.325 e. The number of hydrogen-bond acceptors (Lipinski definition) is 5. The van der Waals surface area contributed by atoms with E-state index in [2.05, 4.69) is 28.9 Å². The van der Waals surface area contributed by atoms with Gasteiger partial charge in [-0.25, -0.2) is 0 Å². The third kappa shape index (κ3) is 2.11. The molecule has 0 atom stereocenters. The summed E-state index contributed by atoms with van der Waals surface area (Å²) in [5.41, 5.74) is 6.44. The zero-order chi connectivity index (χ0) is 12.8. The van der Waals surface area contributed by atoms with Gasteiger partial charge in [-0.15, -0.1) is 0 Å². The predicted octanol–water partition coefficient (Wildman–Crippen LogP) is 1.90. The van der Waals surface area contributed by atoms with Crippen LogP contribution in [0.1, 0.15) is 51.3 Å². The number of aromatic nitrogens is 2. The molecular weight excluding hydrogens is 228 g/mol. The molecule has 5 nitrogen and oxygen atoms in total. The summed E-state index contributed by atoms with van der Waals surface area (Å²) in [4.78, 5) is 6.65. The van der Waals surface area contributed by atoms with Crippen molar-refractivity contribution in [3.63, 3.8) is 0 Å². The van der Waals surface area contributed by atoms with Gasteiger partial charge in [0.15, 0.2) is 5.82 Å². The molecule has 0 bridgehead atoms. The molecule has 0 aromatic carbocycles. The monoisotopic (exact) mass is 250 g/mol. The van der Waals surface area contributed by atoms with Crippen molar-refractivity contribution in [3.8, 4) is 0 Å². The molecule has 0 unspecified atom stereocenters. The first-order valence-electron chi connectivity index (χ1n) is 6.96. The van der Waals surface area contributed by atoms with Crippen LogP contribution in [0.15, 0.2) is 4.52 Å². The van der Waals surface area contributed by atoms with Gasteiger partial charge in [-0.3, -0.25) is 0 Å². The van der Waals surface area contributed by atoms with Gasteiger partial charge in [0.05, 0.1) is 0 Å². The maximum atomic E-state index is 6.28. The van der Waals surface area contributed by atoms with Crippen molar-refractivity contribution in [2.24, 2.45) is 11.7 Å². The summed E-state index contributed by atoms with van der Waals surface area (Å²) in [5, 5.41) is 4.02. The minimum absolute atomic E-state index is 0.157. The van der Waals surface area contributed by atoms with Gasteiger partial charge in [-0.1, -0.05) is 19.0 Å². The number of hydrogen-bond donors (Lipinski definition) is 1. The van der Waals surface area contributed by atoms with Crippen molar-refractivity contribution >= 4 is 6.01 Å². The molecule has 2 aliphatic rings. The molecule has 18 heavy (non-hydrogen) atoms. The maximum absolute atomic E-state index is 6.28. The fraction of sp³-hybridized carbons (Fsp3) is 0.846. The summed E-state index contributed by atoms with van der Waals surface area (Å²) in [7, 11) is 0. The van der Waals surface area contributed by atoms with Gasteiger partial charge in [0.1, 0.15) is 0 Å². The Morgan fingerprint density at radius 2 is 2.00 bits per heavy atom. The van der Waals surface area contributed by atoms with Crippen molar-refractivity contribution in [3.05, 3.63) is 5.82 Å². The zero-order valence-corrected chi connectivity index (χ0v) is 11.2. The van der Waals surface area contributed by atoms with Crippen LogP contribution in [0.2, 0.25) is 0 Å². The van der Waals surface area contributed by atoms with Crippen molar-refractivity contribution in [2.75, 3.05) is 18.0 Å². The molecule has 2 fully saturated rings. The van der Waals surface area contributed by atoms with Gasteiger partial charge < -0.3 is 15.2 Å². The Morgan fingerprint density at radius 1 is 1.33 bits per heavy atom. The summed E-state index contributed by atoms with van der Waals surface area (Å²) in [5.74, 6) is 1.80. The highest BCUT2D eigenvalue weighted by Gasteiger charge is 2.46. The SMILES string of the molecule is CC(C)c1noc(N2CCC(C3(N)CC3)CC2)n1. The average molecular weight is 250 g/mol. The highest BCUT2D eigenvalue weighted by molar-refractivity contribution is 5.27. The van der Waals surface area contributed by atoms with E-state index in [1.165, 1.54) is 12.8 Å². The number of nitrogens with two attached hydrogens (primary N) is 1. The third-order valence-electron chi connectivity index (χ3n) is 4.35. The molecule has 1 aliphatic heterocycles. The van der Waals surface area contributed by atoms with Crippen LogP contribution in [0.5, 0.6) is 0 Å². The van der Waals surface area contributed by atoms with E-state index in [4.69, 9.17) is 10.3 Å². The smallest absolute Gasteiger partial charge is 0.324 e. The first kappa shape index (κ1) is 12.0. The maximum Gasteiger partial charge on any atom is 0.324 e. The molecule has 1 aromatic rings. The van der Waals surface area contributed by atoms with Crippen molar-refractivity contribution in [2.45, 2.75) is 51.0 Å². The van der Waals surface area contributed by atoms with E-state index in [0.717, 1.165) is 31.8 Å². The van der Waals surface area contributed by atoms with Crippen LogP contribution < -0.4 is 10.6 Å². The van der Waals surface area contributed by atoms with Gasteiger partial charge in [-0.05, 0) is 31.6 Å². The van der Waals surface area contributed by atoms with E-state index in [1.807, 2.05) is 0 Å². The van der Waals surface area contributed by atoms with Gasteiger partial charge in [0.25, 0.3) is 0 Å². The third-order valence-corrected chi connectivity index (χ3v) is 4.35. The Balaban J connectivity index is 1.61. The second-order valence-electron chi connectivity index (χ2n) is 6.08. The van der Waals surface area contributed by atoms with E-state index in [1.54, 1.807) is 0 Å². The molecule has 5 heteroatoms. The Kier molecular flexibility index (Phi) is 2.81. The van der Waals surface area contributed by atoms with Crippen molar-refractivity contribution in [1.82, 2.24) is 10.1 Å². The lowest BCUT2D eigenvalue weighted by molar-refractivity contribution is 0.310. The van der Waals surface area contributed by atoms with Crippen LogP contribution in [0.3, 0.4) is 0 Å². The zero-order valence-electron chi connectivity index (χ0n) is 11.2. The van der Waals surface area contributed by atoms with Crippen LogP contribution in [0, 0.1) is 5.92 Å². The van der Waals surface area contributed by atoms with Crippen LogP contribution in [-0.4, -0.2) is 28.8 Å². The van der Waals surface area contributed by atoms with Gasteiger partial charge in [0.2, 0.25) is 0 Å². The van der Waals surface area contributed by atoms with E-state index in [-0.39, 0.29) is 5.54 Å². The number of piperidine rings is 1. The van der Waals surface area contributed by atoms with Gasteiger partial charge >= 0.3 is 6.01 Å². The van der Waals surface area contributed by atoms with Gasteiger partial charge in [0, 0.05) is 24.5 Å². The molecule has 2 heterocycles. The quantitative estimate of drug-likeness (QED) is 0.887. The summed E-state index contributed by atoms with van der Waals surface area (Å²) in [6.45, 7) is 6.13. The molecule has 100 valence electrons. The molecule has 0 amide bonds. The highest BCUT2D eigenvalue weighted by Crippen LogP contribution is 2.44. The van der Waals surface area contributed by atoms with Crippen molar-refractivity contribution in [1.29, 1.82) is 0 Å². The number of anilines is 1. The molecular formula is C13H22N4O. The second kappa shape index (κ2) is 4.23. The normalized spacial score (nSPS) is 23.7. The fourth-order valence-electron chi connectivity index (χ4n) is 2.79. The lowest BCUT2D eigenvalue weighted by atomic mass is 9.88. The standard InChI is InChI=1S/C13H22N4O/c1-9(2)11-15-12(18-16-11)17-7-3-10(4-8-17)13(14)5-6-13/h9-10H,3-8,14H2,1-2H3. The van der Waals surface area contributed by atoms with Crippen LogP contribution in [0.4, 0.5) is 6.01 Å². The lowest BCUT2D eigenvalue weighted by Gasteiger charge is -2.33. The Morgan fingerprint density at radius 3 is 2.50 bits per heavy atom. The summed E-state index contributed by atoms with van der Waals surface area (Å²) in [6.07, 6.45) is 4.71. The molecule has 0 radical (unpaired) electrons. The Labute approximate surface area is 108 Å². The van der Waals surface area contributed by atoms with Crippen molar-refractivity contribution < 1.29 is 4.52 Å². The minimum atomic E-state index is 0.157. The second-order valence-corrected chi connectivity index (χ2v) is 6.08. The number of nitrogens with zero attached hydrogens (tertiary/aromatic N) is 3. The van der Waals surface area contributed by atoms with Crippen LogP contribution in [0.25, 0.3) is 0 Å². The summed E-state index contributed by atoms with van der Waals surface area (Å²) in [6, 6.07) is 0.680. The molecule has 3 rings (SSSR count). The molecule has 1 saturated carbocycles. The first-order chi connectivity index (χ1) is 8.58. The summed E-state index contributed by atoms with van der Waals surface area (Å²) < 4.78 is 5.34. The Bertz CT molecular complexity index is 416. The molecule has 2 N–H and O–H groups in total. The summed E-state index contributed by atoms with van der Waals surface area (Å²) >= 11 is 0. The largest absolute Gasteiger partial charge is 0.325 e. The van der Waals surface area contributed by atoms with E-state index >= 15 is 0 Å². The topological polar surface area (TPSA) is 68.2 Å². The van der Waals surface area contributed by atoms with Gasteiger partial charge in [-0.2, -0.15) is 4.98 Å². The van der Waals surface area contributed by atoms with E-state index in [9.17, 15) is 0 Å². The first-order valence-corrected chi connectivity index (χ1v) is 6.96. The fourth-order valence-corrected chi connectivity index (χ4v) is 2.79. The van der Waals surface area contributed by atoms with E-state index < -0.39 is 0 Å². The van der Waals surface area contributed by atoms with Crippen LogP contribution >= 0.6 is 0 Å². The predicted molar refractivity (Wildman–Crippen MR) is 69.5 cm³/mol. The Hall–Kier alpha value is -1.10.